The summed E-state index contributed by atoms with van der Waals surface area (Å²) >= 11 is 0. The van der Waals surface area contributed by atoms with Crippen molar-refractivity contribution in [3.63, 3.8) is 0 Å². The van der Waals surface area contributed by atoms with Gasteiger partial charge in [0.2, 0.25) is 0 Å². The van der Waals surface area contributed by atoms with Gasteiger partial charge in [-0.05, 0) is 59.5 Å². The summed E-state index contributed by atoms with van der Waals surface area (Å²) in [6.45, 7) is 4.04. The van der Waals surface area contributed by atoms with E-state index in [0.717, 1.165) is 13.1 Å². The van der Waals surface area contributed by atoms with Crippen LogP contribution in [0.15, 0.2) is 73.1 Å². The van der Waals surface area contributed by atoms with Crippen LogP contribution >= 0.6 is 0 Å². The highest BCUT2D eigenvalue weighted by Crippen LogP contribution is 2.29. The Kier molecular flexibility index (Phi) is 5.67. The normalized spacial score (nSPS) is 17.7. The SMILES string of the molecule is O=C(NCC(c1cccnc1)N1CCCC1)N1CC=C(c2cccc3ccccc23)C1. The number of pyridine rings is 1. The molecule has 2 aliphatic rings. The number of amides is 2. The molecule has 31 heavy (non-hydrogen) atoms. The van der Waals surface area contributed by atoms with Crippen molar-refractivity contribution in [2.45, 2.75) is 18.9 Å². The van der Waals surface area contributed by atoms with Crippen LogP contribution in [-0.4, -0.2) is 53.5 Å². The molecule has 2 amide bonds. The lowest BCUT2D eigenvalue weighted by molar-refractivity contribution is 0.198. The van der Waals surface area contributed by atoms with E-state index < -0.39 is 0 Å². The van der Waals surface area contributed by atoms with Crippen molar-refractivity contribution in [1.29, 1.82) is 0 Å². The lowest BCUT2D eigenvalue weighted by atomic mass is 9.99. The molecule has 158 valence electrons. The van der Waals surface area contributed by atoms with Gasteiger partial charge in [0.15, 0.2) is 0 Å². The zero-order chi connectivity index (χ0) is 21.0. The number of hydrogen-bond donors (Lipinski definition) is 1. The van der Waals surface area contributed by atoms with E-state index in [1.165, 1.54) is 40.3 Å². The summed E-state index contributed by atoms with van der Waals surface area (Å²) in [6.07, 6.45) is 8.34. The van der Waals surface area contributed by atoms with Crippen LogP contribution in [0.25, 0.3) is 16.3 Å². The Balaban J connectivity index is 1.25. The van der Waals surface area contributed by atoms with Gasteiger partial charge >= 0.3 is 6.03 Å². The molecule has 1 fully saturated rings. The van der Waals surface area contributed by atoms with Crippen molar-refractivity contribution < 1.29 is 4.79 Å². The first-order valence-corrected chi connectivity index (χ1v) is 11.1. The molecule has 2 aliphatic heterocycles. The van der Waals surface area contributed by atoms with Crippen LogP contribution in [0.2, 0.25) is 0 Å². The van der Waals surface area contributed by atoms with E-state index in [1.807, 2.05) is 17.2 Å². The molecule has 3 heterocycles. The van der Waals surface area contributed by atoms with Crippen LogP contribution in [0.1, 0.15) is 30.0 Å². The summed E-state index contributed by atoms with van der Waals surface area (Å²) in [7, 11) is 0. The molecule has 5 rings (SSSR count). The fraction of sp³-hybridized carbons (Fsp3) is 0.308. The van der Waals surface area contributed by atoms with Gasteiger partial charge in [0.05, 0.1) is 6.04 Å². The summed E-state index contributed by atoms with van der Waals surface area (Å²) in [5, 5.41) is 5.66. The first kappa shape index (κ1) is 19.8. The largest absolute Gasteiger partial charge is 0.336 e. The molecule has 1 unspecified atom stereocenters. The van der Waals surface area contributed by atoms with Gasteiger partial charge in [-0.3, -0.25) is 9.88 Å². The lowest BCUT2D eigenvalue weighted by Crippen LogP contribution is -2.43. The highest BCUT2D eigenvalue weighted by molar-refractivity contribution is 5.95. The van der Waals surface area contributed by atoms with Crippen molar-refractivity contribution in [3.8, 4) is 0 Å². The fourth-order valence-corrected chi connectivity index (χ4v) is 4.79. The lowest BCUT2D eigenvalue weighted by Gasteiger charge is -2.29. The maximum absolute atomic E-state index is 13.0. The highest BCUT2D eigenvalue weighted by Gasteiger charge is 2.26. The third kappa shape index (κ3) is 4.19. The zero-order valence-corrected chi connectivity index (χ0v) is 17.7. The van der Waals surface area contributed by atoms with Gasteiger partial charge in [0.1, 0.15) is 0 Å². The van der Waals surface area contributed by atoms with Crippen LogP contribution in [0, 0.1) is 0 Å². The predicted molar refractivity (Wildman–Crippen MR) is 125 cm³/mol. The molecule has 0 spiro atoms. The van der Waals surface area contributed by atoms with E-state index in [-0.39, 0.29) is 12.1 Å². The number of nitrogens with zero attached hydrogens (tertiary/aromatic N) is 3. The van der Waals surface area contributed by atoms with Crippen molar-refractivity contribution in [3.05, 3.63) is 84.2 Å². The third-order valence-corrected chi connectivity index (χ3v) is 6.44. The van der Waals surface area contributed by atoms with Gasteiger partial charge in [-0.25, -0.2) is 4.79 Å². The molecule has 5 heteroatoms. The highest BCUT2D eigenvalue weighted by atomic mass is 16.2. The quantitative estimate of drug-likeness (QED) is 0.672. The van der Waals surface area contributed by atoms with Gasteiger partial charge in [-0.15, -0.1) is 0 Å². The number of hydrogen-bond acceptors (Lipinski definition) is 3. The second kappa shape index (κ2) is 8.90. The number of carbonyl (C=O) groups is 1. The van der Waals surface area contributed by atoms with Crippen molar-refractivity contribution in [2.24, 2.45) is 0 Å². The van der Waals surface area contributed by atoms with Gasteiger partial charge in [-0.2, -0.15) is 0 Å². The number of carbonyl (C=O) groups excluding carboxylic acids is 1. The molecule has 3 aromatic rings. The van der Waals surface area contributed by atoms with Crippen LogP contribution in [-0.2, 0) is 0 Å². The third-order valence-electron chi connectivity index (χ3n) is 6.44. The average Bonchev–Trinajstić information content (AvgIpc) is 3.52. The maximum atomic E-state index is 13.0. The maximum Gasteiger partial charge on any atom is 0.318 e. The van der Waals surface area contributed by atoms with Crippen molar-refractivity contribution in [1.82, 2.24) is 20.1 Å². The monoisotopic (exact) mass is 412 g/mol. The molecule has 0 bridgehead atoms. The van der Waals surface area contributed by atoms with E-state index in [2.05, 4.69) is 69.8 Å². The molecule has 5 nitrogen and oxygen atoms in total. The predicted octanol–water partition coefficient (Wildman–Crippen LogP) is 4.48. The molecule has 1 saturated heterocycles. The Morgan fingerprint density at radius 3 is 2.71 bits per heavy atom. The van der Waals surface area contributed by atoms with Gasteiger partial charge in [0, 0.05) is 32.0 Å². The molecular weight excluding hydrogens is 384 g/mol. The Labute approximate surface area is 183 Å². The number of rotatable bonds is 5. The zero-order valence-electron chi connectivity index (χ0n) is 17.7. The van der Waals surface area contributed by atoms with Crippen LogP contribution in [0.4, 0.5) is 4.79 Å². The van der Waals surface area contributed by atoms with Crippen LogP contribution < -0.4 is 5.32 Å². The average molecular weight is 413 g/mol. The molecule has 2 aromatic carbocycles. The Bertz CT molecular complexity index is 1080. The first-order valence-electron chi connectivity index (χ1n) is 11.1. The molecule has 1 aromatic heterocycles. The molecule has 0 radical (unpaired) electrons. The van der Waals surface area contributed by atoms with Gasteiger partial charge in [-0.1, -0.05) is 54.6 Å². The Hall–Kier alpha value is -3.18. The standard InChI is InChI=1S/C26H28N4O/c31-26(28-18-25(29-14-3-4-15-29)21-9-6-13-27-17-21)30-16-12-22(19-30)24-11-5-8-20-7-1-2-10-23(20)24/h1-2,5-13,17,25H,3-4,14-16,18-19H2,(H,28,31). The number of benzene rings is 2. The minimum absolute atomic E-state index is 0.000395. The molecule has 1 atom stereocenters. The second-order valence-corrected chi connectivity index (χ2v) is 8.37. The minimum atomic E-state index is -0.000395. The van der Waals surface area contributed by atoms with Gasteiger partial charge < -0.3 is 10.2 Å². The molecule has 1 N–H and O–H groups in total. The molecule has 0 saturated carbocycles. The number of nitrogens with one attached hydrogen (secondary N) is 1. The molecular formula is C26H28N4O. The second-order valence-electron chi connectivity index (χ2n) is 8.37. The van der Waals surface area contributed by atoms with E-state index in [0.29, 0.717) is 19.6 Å². The topological polar surface area (TPSA) is 48.5 Å². The van der Waals surface area contributed by atoms with Crippen molar-refractivity contribution in [2.75, 3.05) is 32.7 Å². The van der Waals surface area contributed by atoms with E-state index >= 15 is 0 Å². The summed E-state index contributed by atoms with van der Waals surface area (Å²) in [4.78, 5) is 21.6. The summed E-state index contributed by atoms with van der Waals surface area (Å²) in [5.74, 6) is 0. The van der Waals surface area contributed by atoms with Gasteiger partial charge in [0.25, 0.3) is 0 Å². The van der Waals surface area contributed by atoms with Crippen molar-refractivity contribution >= 4 is 22.4 Å². The number of aromatic nitrogens is 1. The smallest absolute Gasteiger partial charge is 0.318 e. The van der Waals surface area contributed by atoms with Crippen LogP contribution in [0.3, 0.4) is 0 Å². The number of urea groups is 1. The van der Waals surface area contributed by atoms with E-state index in [9.17, 15) is 4.79 Å². The van der Waals surface area contributed by atoms with E-state index in [1.54, 1.807) is 6.20 Å². The summed E-state index contributed by atoms with van der Waals surface area (Å²) < 4.78 is 0. The summed E-state index contributed by atoms with van der Waals surface area (Å²) in [6, 6.07) is 19.1. The van der Waals surface area contributed by atoms with Crippen LogP contribution in [0.5, 0.6) is 0 Å². The minimum Gasteiger partial charge on any atom is -0.336 e. The number of likely N-dealkylation sites (tertiary alicyclic amines) is 1. The Morgan fingerprint density at radius 2 is 1.87 bits per heavy atom. The first-order chi connectivity index (χ1) is 15.3. The number of fused-ring (bicyclic) bond motifs is 1. The van der Waals surface area contributed by atoms with E-state index in [4.69, 9.17) is 0 Å². The summed E-state index contributed by atoms with van der Waals surface area (Å²) in [5.41, 5.74) is 3.61. The molecule has 0 aliphatic carbocycles. The Morgan fingerprint density at radius 1 is 1.03 bits per heavy atom. The fourth-order valence-electron chi connectivity index (χ4n) is 4.79.